The van der Waals surface area contributed by atoms with Gasteiger partial charge in [0.05, 0.1) is 5.41 Å². The van der Waals surface area contributed by atoms with E-state index in [9.17, 15) is 9.59 Å². The predicted octanol–water partition coefficient (Wildman–Crippen LogP) is 6.03. The van der Waals surface area contributed by atoms with Crippen LogP contribution in [-0.4, -0.2) is 27.4 Å². The van der Waals surface area contributed by atoms with Crippen molar-refractivity contribution in [1.82, 2.24) is 4.57 Å². The summed E-state index contributed by atoms with van der Waals surface area (Å²) in [4.78, 5) is 25.8. The van der Waals surface area contributed by atoms with E-state index in [1.807, 2.05) is 30.3 Å². The van der Waals surface area contributed by atoms with Gasteiger partial charge in [-0.2, -0.15) is 0 Å². The highest BCUT2D eigenvalue weighted by atomic mass is 79.9. The van der Waals surface area contributed by atoms with Gasteiger partial charge in [-0.3, -0.25) is 9.59 Å². The highest BCUT2D eigenvalue weighted by Gasteiger charge is 2.60. The fraction of sp³-hybridized carbons (Fsp3) is 0.481. The van der Waals surface area contributed by atoms with E-state index in [0.717, 1.165) is 55.2 Å². The molecule has 5 nitrogen and oxygen atoms in total. The molecule has 4 saturated carbocycles. The summed E-state index contributed by atoms with van der Waals surface area (Å²) >= 11 is 3.94. The van der Waals surface area contributed by atoms with Crippen molar-refractivity contribution < 1.29 is 14.3 Å². The van der Waals surface area contributed by atoms with Crippen molar-refractivity contribution in [3.05, 3.63) is 42.5 Å². The Kier molecular flexibility index (Phi) is 4.88. The highest BCUT2D eigenvalue weighted by Crippen LogP contribution is 2.64. The van der Waals surface area contributed by atoms with Gasteiger partial charge >= 0.3 is 5.97 Å². The monoisotopic (exact) mass is 508 g/mol. The number of aryl methyl sites for hydroxylation is 1. The maximum absolute atomic E-state index is 13.1. The molecule has 0 radical (unpaired) electrons. The number of carbonyl (C=O) groups excluding carboxylic acids is 2. The fourth-order valence-corrected chi connectivity index (χ4v) is 8.80. The van der Waals surface area contributed by atoms with E-state index in [1.54, 1.807) is 0 Å². The largest absolute Gasteiger partial charge is 0.455 e. The molecular formula is C27H29BrN2O3. The van der Waals surface area contributed by atoms with Gasteiger partial charge in [-0.05, 0) is 81.5 Å². The lowest BCUT2D eigenvalue weighted by Gasteiger charge is -2.58. The average Bonchev–Trinajstić information content (AvgIpc) is 3.09. The van der Waals surface area contributed by atoms with Gasteiger partial charge < -0.3 is 14.6 Å². The van der Waals surface area contributed by atoms with Crippen LogP contribution in [0.25, 0.3) is 21.8 Å². The topological polar surface area (TPSA) is 60.3 Å². The van der Waals surface area contributed by atoms with Gasteiger partial charge in [0.1, 0.15) is 0 Å². The Morgan fingerprint density at radius 2 is 1.79 bits per heavy atom. The Morgan fingerprint density at radius 1 is 1.06 bits per heavy atom. The molecular weight excluding hydrogens is 480 g/mol. The van der Waals surface area contributed by atoms with E-state index in [0.29, 0.717) is 11.8 Å². The van der Waals surface area contributed by atoms with Gasteiger partial charge in [-0.1, -0.05) is 34.1 Å². The number of fused-ring (bicyclic) bond motifs is 3. The highest BCUT2D eigenvalue weighted by molar-refractivity contribution is 9.10. The molecule has 7 rings (SSSR count). The Morgan fingerprint density at radius 3 is 2.52 bits per heavy atom. The lowest BCUT2D eigenvalue weighted by Crippen LogP contribution is -2.56. The first-order valence-electron chi connectivity index (χ1n) is 12.1. The molecule has 2 unspecified atom stereocenters. The van der Waals surface area contributed by atoms with Crippen LogP contribution in [0.1, 0.15) is 45.4 Å². The average molecular weight is 509 g/mol. The maximum atomic E-state index is 13.1. The Balaban J connectivity index is 1.16. The molecule has 2 aromatic carbocycles. The minimum atomic E-state index is -0.408. The summed E-state index contributed by atoms with van der Waals surface area (Å²) in [6, 6.07) is 14.3. The zero-order valence-electron chi connectivity index (χ0n) is 18.9. The predicted molar refractivity (Wildman–Crippen MR) is 133 cm³/mol. The molecule has 172 valence electrons. The summed E-state index contributed by atoms with van der Waals surface area (Å²) in [5.41, 5.74) is 2.65. The number of benzene rings is 2. The zero-order chi connectivity index (χ0) is 22.8. The van der Waals surface area contributed by atoms with Crippen molar-refractivity contribution in [2.45, 2.75) is 56.3 Å². The summed E-state index contributed by atoms with van der Waals surface area (Å²) in [5.74, 6) is 0.727. The van der Waals surface area contributed by atoms with Crippen molar-refractivity contribution in [2.75, 3.05) is 11.9 Å². The van der Waals surface area contributed by atoms with Crippen molar-refractivity contribution in [3.63, 3.8) is 0 Å². The van der Waals surface area contributed by atoms with E-state index >= 15 is 0 Å². The second-order valence-corrected chi connectivity index (χ2v) is 12.2. The van der Waals surface area contributed by atoms with Crippen LogP contribution in [0.2, 0.25) is 0 Å². The number of aromatic nitrogens is 1. The van der Waals surface area contributed by atoms with Crippen LogP contribution >= 0.6 is 15.9 Å². The molecule has 1 aromatic heterocycles. The number of ether oxygens (including phenoxy) is 1. The number of carbonyl (C=O) groups is 2. The van der Waals surface area contributed by atoms with Gasteiger partial charge in [0.15, 0.2) is 6.61 Å². The smallest absolute Gasteiger partial charge is 0.312 e. The van der Waals surface area contributed by atoms with Gasteiger partial charge in [0.2, 0.25) is 0 Å². The van der Waals surface area contributed by atoms with Crippen molar-refractivity contribution >= 4 is 55.3 Å². The molecule has 1 heterocycles. The lowest BCUT2D eigenvalue weighted by atomic mass is 9.49. The number of esters is 1. The van der Waals surface area contributed by atoms with Crippen LogP contribution in [0.4, 0.5) is 5.69 Å². The number of hydrogen-bond acceptors (Lipinski definition) is 3. The molecule has 33 heavy (non-hydrogen) atoms. The molecule has 1 N–H and O–H groups in total. The van der Waals surface area contributed by atoms with E-state index in [2.05, 4.69) is 44.9 Å². The lowest BCUT2D eigenvalue weighted by molar-refractivity contribution is -0.170. The maximum Gasteiger partial charge on any atom is 0.312 e. The van der Waals surface area contributed by atoms with Crippen LogP contribution in [0, 0.1) is 17.3 Å². The van der Waals surface area contributed by atoms with E-state index < -0.39 is 5.41 Å². The summed E-state index contributed by atoms with van der Waals surface area (Å²) in [6.45, 7) is 2.78. The quantitative estimate of drug-likeness (QED) is 0.338. The normalized spacial score (nSPS) is 30.1. The van der Waals surface area contributed by atoms with Gasteiger partial charge in [0.25, 0.3) is 5.91 Å². The Bertz CT molecular complexity index is 1270. The number of anilines is 1. The number of nitrogens with one attached hydrogen (secondary N) is 1. The third-order valence-corrected chi connectivity index (χ3v) is 9.06. The minimum absolute atomic E-state index is 0.0887. The molecule has 4 fully saturated rings. The van der Waals surface area contributed by atoms with Crippen LogP contribution in [0.3, 0.4) is 0 Å². The third kappa shape index (κ3) is 3.49. The first-order chi connectivity index (χ1) is 15.9. The second kappa shape index (κ2) is 7.59. The number of rotatable bonds is 5. The van der Waals surface area contributed by atoms with E-state index in [-0.39, 0.29) is 22.8 Å². The fourth-order valence-electron chi connectivity index (χ4n) is 7.34. The number of hydrogen-bond donors (Lipinski definition) is 1. The summed E-state index contributed by atoms with van der Waals surface area (Å²) in [7, 11) is 0. The number of nitrogens with zero attached hydrogens (tertiary/aromatic N) is 1. The van der Waals surface area contributed by atoms with E-state index in [1.165, 1.54) is 17.3 Å². The Hall–Kier alpha value is -2.34. The number of amides is 1. The molecule has 0 spiro atoms. The third-order valence-electron chi connectivity index (χ3n) is 8.13. The number of para-hydroxylation sites is 1. The van der Waals surface area contributed by atoms with Crippen molar-refractivity contribution in [2.24, 2.45) is 17.3 Å². The van der Waals surface area contributed by atoms with Crippen molar-refractivity contribution in [3.8, 4) is 0 Å². The van der Waals surface area contributed by atoms with Crippen LogP contribution in [0.15, 0.2) is 42.5 Å². The molecule has 3 aromatic rings. The molecule has 2 atom stereocenters. The van der Waals surface area contributed by atoms with Gasteiger partial charge in [-0.25, -0.2) is 0 Å². The van der Waals surface area contributed by atoms with Gasteiger partial charge in [0, 0.05) is 38.4 Å². The zero-order valence-corrected chi connectivity index (χ0v) is 20.5. The first-order valence-corrected chi connectivity index (χ1v) is 12.8. The molecule has 4 aliphatic rings. The Labute approximate surface area is 202 Å². The van der Waals surface area contributed by atoms with Crippen molar-refractivity contribution in [1.29, 1.82) is 0 Å². The van der Waals surface area contributed by atoms with E-state index in [4.69, 9.17) is 4.74 Å². The molecule has 0 aliphatic heterocycles. The van der Waals surface area contributed by atoms with Gasteiger partial charge in [-0.15, -0.1) is 0 Å². The second-order valence-electron chi connectivity index (χ2n) is 10.5. The minimum Gasteiger partial charge on any atom is -0.455 e. The first kappa shape index (κ1) is 21.2. The van der Waals surface area contributed by atoms with Crippen LogP contribution in [0.5, 0.6) is 0 Å². The SMILES string of the molecule is CCn1c2ccccc2c2cc(NC(=O)COC(=O)C34CC5CC(CC(Br)(C5)C3)C4)ccc21. The van der Waals surface area contributed by atoms with Crippen LogP contribution < -0.4 is 5.32 Å². The standard InChI is InChI=1S/C27H29BrN2O3/c1-2-30-22-6-4-3-5-20(22)21-10-19(7-8-23(21)30)29-24(31)15-33-25(32)26-11-17-9-18(12-26)14-27(28,13-17)16-26/h3-8,10,17-18H,2,9,11-16H2,1H3,(H,29,31). The van der Waals surface area contributed by atoms with Crippen LogP contribution in [-0.2, 0) is 20.9 Å². The molecule has 1 amide bonds. The molecule has 4 aliphatic carbocycles. The summed E-state index contributed by atoms with van der Waals surface area (Å²) < 4.78 is 7.98. The molecule has 6 heteroatoms. The molecule has 0 saturated heterocycles. The number of alkyl halides is 1. The summed E-state index contributed by atoms with van der Waals surface area (Å²) in [5, 5.41) is 5.21. The molecule has 4 bridgehead atoms. The number of halogens is 1. The summed E-state index contributed by atoms with van der Waals surface area (Å²) in [6.07, 6.45) is 6.22.